The first-order chi connectivity index (χ1) is 15.6. The van der Waals surface area contributed by atoms with Crippen molar-refractivity contribution in [3.63, 3.8) is 0 Å². The molecule has 180 valence electrons. The molecule has 0 saturated carbocycles. The van der Waals surface area contributed by atoms with Crippen LogP contribution >= 0.6 is 0 Å². The smallest absolute Gasteiger partial charge is 0.373 e. The van der Waals surface area contributed by atoms with E-state index in [0.717, 1.165) is 12.1 Å². The monoisotopic (exact) mass is 486 g/mol. The number of hydrogen-bond donors (Lipinski definition) is 2. The average Bonchev–Trinajstić information content (AvgIpc) is 2.81. The van der Waals surface area contributed by atoms with Crippen LogP contribution in [0.4, 0.5) is 13.2 Å². The molecule has 1 aliphatic rings. The average molecular weight is 487 g/mol. The van der Waals surface area contributed by atoms with Gasteiger partial charge in [-0.25, -0.2) is 18.2 Å². The Balaban J connectivity index is 1.54. The Hall–Kier alpha value is -2.47. The van der Waals surface area contributed by atoms with Crippen molar-refractivity contribution < 1.29 is 36.3 Å². The minimum atomic E-state index is -4.39. The largest absolute Gasteiger partial charge is 0.416 e. The van der Waals surface area contributed by atoms with Crippen LogP contribution in [0, 0.1) is 0 Å². The summed E-state index contributed by atoms with van der Waals surface area (Å²) in [6.07, 6.45) is -3.79. The number of hydrogen-bond acceptors (Lipinski definition) is 5. The molecule has 0 unspecified atom stereocenters. The number of alkyl halides is 3. The van der Waals surface area contributed by atoms with Crippen LogP contribution in [0.1, 0.15) is 35.4 Å². The van der Waals surface area contributed by atoms with E-state index in [1.807, 2.05) is 0 Å². The van der Waals surface area contributed by atoms with Crippen LogP contribution in [0.2, 0.25) is 0 Å². The first-order valence-electron chi connectivity index (χ1n) is 10.3. The van der Waals surface area contributed by atoms with Crippen molar-refractivity contribution in [2.45, 2.75) is 37.6 Å². The molecule has 1 fully saturated rings. The number of sulfonamides is 1. The van der Waals surface area contributed by atoms with Gasteiger partial charge in [-0.15, -0.1) is 0 Å². The molecule has 2 N–H and O–H groups in total. The fourth-order valence-corrected chi connectivity index (χ4v) is 5.43. The van der Waals surface area contributed by atoms with Gasteiger partial charge in [0.2, 0.25) is 10.0 Å². The number of amides is 1. The zero-order valence-electron chi connectivity index (χ0n) is 17.7. The molecule has 11 heteroatoms. The zero-order chi connectivity index (χ0) is 24.1. The maximum atomic E-state index is 12.9. The number of halogens is 3. The van der Waals surface area contributed by atoms with Crippen LogP contribution in [0.25, 0.3) is 0 Å². The maximum absolute atomic E-state index is 12.9. The normalized spacial score (nSPS) is 17.0. The Bertz CT molecular complexity index is 1020. The molecule has 0 spiro atoms. The molecule has 0 radical (unpaired) electrons. The van der Waals surface area contributed by atoms with E-state index in [2.05, 4.69) is 0 Å². The summed E-state index contributed by atoms with van der Waals surface area (Å²) in [6.45, 7) is 0.521. The summed E-state index contributed by atoms with van der Waals surface area (Å²) in [7, 11) is -3.80. The number of ether oxygens (including phenoxy) is 1. The van der Waals surface area contributed by atoms with Gasteiger partial charge in [0.05, 0.1) is 29.9 Å². The molecule has 1 aliphatic heterocycles. The van der Waals surface area contributed by atoms with Gasteiger partial charge in [0.15, 0.2) is 0 Å². The van der Waals surface area contributed by atoms with E-state index in [-0.39, 0.29) is 25.8 Å². The highest BCUT2D eigenvalue weighted by Gasteiger charge is 2.34. The Labute approximate surface area is 190 Å². The molecule has 7 nitrogen and oxygen atoms in total. The van der Waals surface area contributed by atoms with Crippen LogP contribution < -0.4 is 5.48 Å². The van der Waals surface area contributed by atoms with Gasteiger partial charge in [0, 0.05) is 13.1 Å². The van der Waals surface area contributed by atoms with Crippen LogP contribution in [0.15, 0.2) is 54.6 Å². The Morgan fingerprint density at radius 2 is 1.70 bits per heavy atom. The van der Waals surface area contributed by atoms with Gasteiger partial charge in [0.25, 0.3) is 5.91 Å². The summed E-state index contributed by atoms with van der Waals surface area (Å²) < 4.78 is 70.8. The van der Waals surface area contributed by atoms with E-state index in [1.54, 1.807) is 30.3 Å². The zero-order valence-corrected chi connectivity index (χ0v) is 18.5. The van der Waals surface area contributed by atoms with Gasteiger partial charge in [-0.3, -0.25) is 10.0 Å². The topological polar surface area (TPSA) is 95.9 Å². The number of nitrogens with one attached hydrogen (secondary N) is 1. The second kappa shape index (κ2) is 10.6. The second-order valence-corrected chi connectivity index (χ2v) is 9.84. The lowest BCUT2D eigenvalue weighted by atomic mass is 10.0. The molecule has 1 saturated heterocycles. The fourth-order valence-electron chi connectivity index (χ4n) is 3.68. The Morgan fingerprint density at radius 1 is 1.09 bits per heavy atom. The van der Waals surface area contributed by atoms with E-state index in [9.17, 15) is 26.4 Å². The number of carbonyl (C=O) groups is 1. The van der Waals surface area contributed by atoms with Crippen molar-refractivity contribution in [1.82, 2.24) is 9.79 Å². The summed E-state index contributed by atoms with van der Waals surface area (Å²) >= 11 is 0. The van der Waals surface area contributed by atoms with Crippen LogP contribution in [-0.2, 0) is 32.3 Å². The number of carbonyl (C=O) groups excluding carboxylic acids is 1. The van der Waals surface area contributed by atoms with Crippen LogP contribution in [0.5, 0.6) is 0 Å². The molecule has 1 amide bonds. The van der Waals surface area contributed by atoms with E-state index < -0.39 is 39.3 Å². The van der Waals surface area contributed by atoms with E-state index in [1.165, 1.54) is 21.9 Å². The van der Waals surface area contributed by atoms with E-state index in [4.69, 9.17) is 9.94 Å². The van der Waals surface area contributed by atoms with Gasteiger partial charge in [-0.2, -0.15) is 13.2 Å². The highest BCUT2D eigenvalue weighted by atomic mass is 32.2. The van der Waals surface area contributed by atoms with Crippen molar-refractivity contribution in [3.05, 3.63) is 71.3 Å². The van der Waals surface area contributed by atoms with Crippen molar-refractivity contribution in [3.8, 4) is 0 Å². The van der Waals surface area contributed by atoms with Crippen molar-refractivity contribution >= 4 is 15.9 Å². The number of hydroxylamine groups is 1. The van der Waals surface area contributed by atoms with Gasteiger partial charge in [-0.05, 0) is 36.1 Å². The lowest BCUT2D eigenvalue weighted by Crippen LogP contribution is -2.44. The third kappa shape index (κ3) is 6.76. The number of nitrogens with zero attached hydrogens (tertiary/aromatic N) is 1. The standard InChI is InChI=1S/C22H25F3N2O5S/c23-22(24,25)18-8-6-16(7-9-18)14-32-19-10-12-27(13-11-19)33(30,31)15-20(21(28)26-29)17-4-2-1-3-5-17/h1-9,19-20,29H,10-15H2,(H,26,28)/t20-/m1/s1. The highest BCUT2D eigenvalue weighted by Crippen LogP contribution is 2.29. The van der Waals surface area contributed by atoms with Gasteiger partial charge < -0.3 is 4.74 Å². The van der Waals surface area contributed by atoms with Crippen molar-refractivity contribution in [2.75, 3.05) is 18.8 Å². The summed E-state index contributed by atoms with van der Waals surface area (Å²) in [5.41, 5.74) is 1.88. The molecule has 2 aromatic rings. The molecule has 3 rings (SSSR count). The van der Waals surface area contributed by atoms with E-state index in [0.29, 0.717) is 24.0 Å². The molecular weight excluding hydrogens is 461 g/mol. The third-order valence-corrected chi connectivity index (χ3v) is 7.47. The molecule has 0 aliphatic carbocycles. The summed E-state index contributed by atoms with van der Waals surface area (Å²) in [6, 6.07) is 13.1. The molecule has 0 bridgehead atoms. The van der Waals surface area contributed by atoms with E-state index >= 15 is 0 Å². The minimum Gasteiger partial charge on any atom is -0.373 e. The predicted molar refractivity (Wildman–Crippen MR) is 114 cm³/mol. The molecule has 2 aromatic carbocycles. The molecule has 1 atom stereocenters. The van der Waals surface area contributed by atoms with Crippen molar-refractivity contribution in [1.29, 1.82) is 0 Å². The summed E-state index contributed by atoms with van der Waals surface area (Å²) in [5.74, 6) is -2.35. The minimum absolute atomic E-state index is 0.127. The van der Waals surface area contributed by atoms with Crippen molar-refractivity contribution in [2.24, 2.45) is 0 Å². The Kier molecular flexibility index (Phi) is 8.11. The summed E-state index contributed by atoms with van der Waals surface area (Å²) in [4.78, 5) is 12.1. The maximum Gasteiger partial charge on any atom is 0.416 e. The number of piperidine rings is 1. The first-order valence-corrected chi connectivity index (χ1v) is 12.0. The van der Waals surface area contributed by atoms with Crippen LogP contribution in [-0.4, -0.2) is 48.8 Å². The SMILES string of the molecule is O=C(NO)[C@H](CS(=O)(=O)N1CCC(OCc2ccc(C(F)(F)F)cc2)CC1)c1ccccc1. The Morgan fingerprint density at radius 3 is 2.24 bits per heavy atom. The summed E-state index contributed by atoms with van der Waals surface area (Å²) in [5, 5.41) is 9.04. The lowest BCUT2D eigenvalue weighted by Gasteiger charge is -2.32. The molecular formula is C22H25F3N2O5S. The van der Waals surface area contributed by atoms with Gasteiger partial charge in [0.1, 0.15) is 0 Å². The number of rotatable bonds is 8. The highest BCUT2D eigenvalue weighted by molar-refractivity contribution is 7.89. The van der Waals surface area contributed by atoms with Gasteiger partial charge in [-0.1, -0.05) is 42.5 Å². The van der Waals surface area contributed by atoms with Crippen LogP contribution in [0.3, 0.4) is 0 Å². The van der Waals surface area contributed by atoms with Gasteiger partial charge >= 0.3 is 6.18 Å². The molecule has 33 heavy (non-hydrogen) atoms. The quantitative estimate of drug-likeness (QED) is 0.441. The second-order valence-electron chi connectivity index (χ2n) is 7.82. The molecule has 1 heterocycles. The number of benzene rings is 2. The first kappa shape index (κ1) is 25.2. The predicted octanol–water partition coefficient (Wildman–Crippen LogP) is 3.31. The molecule has 0 aromatic heterocycles. The third-order valence-electron chi connectivity index (χ3n) is 5.57. The fraction of sp³-hybridized carbons (Fsp3) is 0.409. The lowest BCUT2D eigenvalue weighted by molar-refractivity contribution is -0.137.